The summed E-state index contributed by atoms with van der Waals surface area (Å²) in [6, 6.07) is 15.6. The Morgan fingerprint density at radius 2 is 1.77 bits per heavy atom. The predicted octanol–water partition coefficient (Wildman–Crippen LogP) is 5.68. The predicted molar refractivity (Wildman–Crippen MR) is 133 cm³/mol. The Morgan fingerprint density at radius 3 is 2.40 bits per heavy atom. The summed E-state index contributed by atoms with van der Waals surface area (Å²) in [6.45, 7) is 4.01. The van der Waals surface area contributed by atoms with Crippen molar-refractivity contribution < 1.29 is 28.5 Å². The van der Waals surface area contributed by atoms with E-state index in [1.54, 1.807) is 24.3 Å². The fourth-order valence-electron chi connectivity index (χ4n) is 3.42. The molecule has 0 saturated carbocycles. The van der Waals surface area contributed by atoms with E-state index in [0.29, 0.717) is 11.5 Å². The first kappa shape index (κ1) is 26.3. The van der Waals surface area contributed by atoms with Crippen LogP contribution in [0.15, 0.2) is 60.7 Å². The monoisotopic (exact) mass is 497 g/mol. The molecule has 7 nitrogen and oxygen atoms in total. The molecule has 9 heteroatoms. The zero-order valence-corrected chi connectivity index (χ0v) is 20.4. The first-order valence-corrected chi connectivity index (χ1v) is 12.5. The van der Waals surface area contributed by atoms with Gasteiger partial charge in [-0.1, -0.05) is 56.3 Å². The Labute approximate surface area is 204 Å². The molecule has 0 spiro atoms. The molecule has 0 aliphatic heterocycles. The van der Waals surface area contributed by atoms with Gasteiger partial charge in [0.15, 0.2) is 5.82 Å². The maximum absolute atomic E-state index is 13.6. The smallest absolute Gasteiger partial charge is 0.481 e. The summed E-state index contributed by atoms with van der Waals surface area (Å²) < 4.78 is 30.9. The van der Waals surface area contributed by atoms with Gasteiger partial charge in [0.05, 0.1) is 17.8 Å². The first-order chi connectivity index (χ1) is 16.7. The van der Waals surface area contributed by atoms with Gasteiger partial charge >= 0.3 is 14.0 Å². The zero-order chi connectivity index (χ0) is 25.4. The van der Waals surface area contributed by atoms with Crippen LogP contribution in [-0.4, -0.2) is 45.0 Å². The Kier molecular flexibility index (Phi) is 9.32. The van der Waals surface area contributed by atoms with Crippen molar-refractivity contribution in [1.82, 2.24) is 9.97 Å². The number of rotatable bonds is 11. The first-order valence-electron chi connectivity index (χ1n) is 11.1. The third kappa shape index (κ3) is 7.59. The van der Waals surface area contributed by atoms with Crippen LogP contribution < -0.4 is 0 Å². The van der Waals surface area contributed by atoms with Gasteiger partial charge in [-0.15, -0.1) is 4.52 Å². The normalized spacial score (nSPS) is 12.8. The molecule has 1 unspecified atom stereocenters. The molecule has 35 heavy (non-hydrogen) atoms. The molecular formula is C26H27FN2O5P+. The zero-order valence-electron chi connectivity index (χ0n) is 19.5. The minimum atomic E-state index is -2.23. The highest BCUT2D eigenvalue weighted by Gasteiger charge is 2.25. The number of carbonyl (C=O) groups is 1. The average Bonchev–Trinajstić information content (AvgIpc) is 2.82. The molecule has 1 aromatic heterocycles. The molecular weight excluding hydrogens is 470 g/mol. The number of hydrogen-bond donors (Lipinski definition) is 2. The molecule has 1 heterocycles. The van der Waals surface area contributed by atoms with E-state index in [0.717, 1.165) is 22.4 Å². The van der Waals surface area contributed by atoms with Crippen LogP contribution >= 0.6 is 8.03 Å². The van der Waals surface area contributed by atoms with Gasteiger partial charge in [0.25, 0.3) is 0 Å². The summed E-state index contributed by atoms with van der Waals surface area (Å²) in [5.41, 5.74) is 3.72. The highest BCUT2D eigenvalue weighted by Crippen LogP contribution is 2.32. The standard InChI is InChI=1S/C26H26FN2O5P/c1-17(2)24-22(9-6-14-34-35(33)16-21(30)15-23(31)32)25(18-10-12-20(27)13-11-18)29-26(28-24)19-7-4-3-5-8-19/h3-13,17,21,30H,14-16H2,1-2H3/p+1/t21-/m0/s1. The van der Waals surface area contributed by atoms with Crippen molar-refractivity contribution in [3.05, 3.63) is 77.7 Å². The number of aromatic nitrogens is 2. The van der Waals surface area contributed by atoms with Crippen molar-refractivity contribution in [1.29, 1.82) is 0 Å². The van der Waals surface area contributed by atoms with Crippen LogP contribution in [0.25, 0.3) is 28.7 Å². The van der Waals surface area contributed by atoms with E-state index >= 15 is 0 Å². The van der Waals surface area contributed by atoms with Crippen molar-refractivity contribution in [2.45, 2.75) is 32.3 Å². The lowest BCUT2D eigenvalue weighted by Crippen LogP contribution is -2.15. The molecule has 182 valence electrons. The van der Waals surface area contributed by atoms with Crippen LogP contribution in [0.5, 0.6) is 0 Å². The number of hydrogen-bond acceptors (Lipinski definition) is 6. The molecule has 0 saturated heterocycles. The van der Waals surface area contributed by atoms with Gasteiger partial charge in [-0.3, -0.25) is 4.79 Å². The van der Waals surface area contributed by atoms with Gasteiger partial charge < -0.3 is 10.2 Å². The molecule has 0 radical (unpaired) electrons. The molecule has 0 amide bonds. The van der Waals surface area contributed by atoms with Gasteiger partial charge in [0.2, 0.25) is 6.16 Å². The highest BCUT2D eigenvalue weighted by molar-refractivity contribution is 7.39. The number of halogens is 1. The summed E-state index contributed by atoms with van der Waals surface area (Å²) >= 11 is 0. The summed E-state index contributed by atoms with van der Waals surface area (Å²) in [4.78, 5) is 20.2. The van der Waals surface area contributed by atoms with Gasteiger partial charge in [-0.25, -0.2) is 14.4 Å². The number of nitrogens with zero attached hydrogens (tertiary/aromatic N) is 2. The second-order valence-corrected chi connectivity index (χ2v) is 9.48. The van der Waals surface area contributed by atoms with E-state index in [2.05, 4.69) is 0 Å². The number of carboxylic acids is 1. The summed E-state index contributed by atoms with van der Waals surface area (Å²) in [5, 5.41) is 18.3. The lowest BCUT2D eigenvalue weighted by molar-refractivity contribution is -0.138. The van der Waals surface area contributed by atoms with Crippen LogP contribution in [-0.2, 0) is 13.9 Å². The Balaban J connectivity index is 1.92. The van der Waals surface area contributed by atoms with Crippen molar-refractivity contribution >= 4 is 20.1 Å². The van der Waals surface area contributed by atoms with Crippen LogP contribution in [0, 0.1) is 5.82 Å². The molecule has 3 rings (SSSR count). The van der Waals surface area contributed by atoms with Crippen LogP contribution in [0.3, 0.4) is 0 Å². The van der Waals surface area contributed by atoms with Crippen molar-refractivity contribution in [3.63, 3.8) is 0 Å². The van der Waals surface area contributed by atoms with Gasteiger partial charge in [0.1, 0.15) is 18.5 Å². The van der Waals surface area contributed by atoms with Gasteiger partial charge in [0, 0.05) is 16.7 Å². The molecule has 2 atom stereocenters. The Morgan fingerprint density at radius 1 is 1.09 bits per heavy atom. The van der Waals surface area contributed by atoms with Crippen LogP contribution in [0.4, 0.5) is 4.39 Å². The minimum absolute atomic E-state index is 0.0180. The molecule has 0 aliphatic rings. The fraction of sp³-hybridized carbons (Fsp3) is 0.269. The van der Waals surface area contributed by atoms with E-state index in [1.807, 2.05) is 44.2 Å². The van der Waals surface area contributed by atoms with Gasteiger partial charge in [-0.05, 0) is 34.7 Å². The largest absolute Gasteiger partial charge is 0.511 e. The number of benzene rings is 2. The van der Waals surface area contributed by atoms with Crippen molar-refractivity contribution in [2.24, 2.45) is 0 Å². The quantitative estimate of drug-likeness (QED) is 0.328. The fourth-order valence-corrected chi connectivity index (χ4v) is 4.25. The second-order valence-electron chi connectivity index (χ2n) is 8.19. The van der Waals surface area contributed by atoms with E-state index in [4.69, 9.17) is 19.6 Å². The molecule has 2 aromatic carbocycles. The van der Waals surface area contributed by atoms with Crippen LogP contribution in [0.2, 0.25) is 0 Å². The SMILES string of the molecule is CC(C)c1nc(-c2ccccc2)nc(-c2ccc(F)cc2)c1C=CCO[P+](=O)C[C@@H](O)CC(=O)O. The number of carboxylic acid groups (broad SMARTS) is 1. The van der Waals surface area contributed by atoms with E-state index < -0.39 is 26.5 Å². The molecule has 0 aliphatic carbocycles. The number of aliphatic carboxylic acids is 1. The topological polar surface area (TPSA) is 110 Å². The van der Waals surface area contributed by atoms with E-state index in [1.165, 1.54) is 12.1 Å². The third-order valence-electron chi connectivity index (χ3n) is 5.04. The Bertz CT molecular complexity index is 1200. The van der Waals surface area contributed by atoms with E-state index in [-0.39, 0.29) is 24.5 Å². The highest BCUT2D eigenvalue weighted by atomic mass is 31.1. The molecule has 0 bridgehead atoms. The maximum Gasteiger partial charge on any atom is 0.511 e. The van der Waals surface area contributed by atoms with Gasteiger partial charge in [-0.2, -0.15) is 0 Å². The maximum atomic E-state index is 13.6. The molecule has 3 aromatic rings. The lowest BCUT2D eigenvalue weighted by atomic mass is 9.97. The Hall–Kier alpha value is -3.32. The number of aliphatic hydroxyl groups excluding tert-OH is 1. The summed E-state index contributed by atoms with van der Waals surface area (Å²) in [5.74, 6) is -0.926. The number of aliphatic hydroxyl groups is 1. The summed E-state index contributed by atoms with van der Waals surface area (Å²) in [6.07, 6.45) is 1.44. The van der Waals surface area contributed by atoms with Crippen molar-refractivity contribution in [2.75, 3.05) is 12.8 Å². The van der Waals surface area contributed by atoms with E-state index in [9.17, 15) is 18.9 Å². The molecule has 2 N–H and O–H groups in total. The second kappa shape index (κ2) is 12.4. The molecule has 0 fully saturated rings. The minimum Gasteiger partial charge on any atom is -0.481 e. The van der Waals surface area contributed by atoms with Crippen LogP contribution in [0.1, 0.15) is 37.4 Å². The lowest BCUT2D eigenvalue weighted by Gasteiger charge is -2.16. The third-order valence-corrected chi connectivity index (χ3v) is 6.20. The van der Waals surface area contributed by atoms with Crippen molar-refractivity contribution in [3.8, 4) is 22.6 Å². The summed E-state index contributed by atoms with van der Waals surface area (Å²) in [7, 11) is -2.23. The average molecular weight is 497 g/mol.